The summed E-state index contributed by atoms with van der Waals surface area (Å²) >= 11 is 0. The number of halogens is 2. The van der Waals surface area contributed by atoms with Crippen LogP contribution in [0.2, 0.25) is 0 Å². The summed E-state index contributed by atoms with van der Waals surface area (Å²) in [4.78, 5) is 21.1. The molecule has 0 aliphatic heterocycles. The summed E-state index contributed by atoms with van der Waals surface area (Å²) in [6.45, 7) is 1.39. The first kappa shape index (κ1) is 12.8. The lowest BCUT2D eigenvalue weighted by atomic mass is 10.1. The van der Waals surface area contributed by atoms with Gasteiger partial charge in [-0.3, -0.25) is 9.59 Å². The molecule has 7 heteroatoms. The number of amides is 2. The van der Waals surface area contributed by atoms with E-state index in [0.717, 1.165) is 6.07 Å². The minimum atomic E-state index is -1.21. The van der Waals surface area contributed by atoms with Gasteiger partial charge in [-0.1, -0.05) is 0 Å². The Morgan fingerprint density at radius 2 is 2.00 bits per heavy atom. The molecule has 0 atom stereocenters. The predicted octanol–water partition coefficient (Wildman–Crippen LogP) is 0.290. The molecule has 0 radical (unpaired) electrons. The summed E-state index contributed by atoms with van der Waals surface area (Å²) in [6.07, 6.45) is 0. The lowest BCUT2D eigenvalue weighted by Crippen LogP contribution is -2.33. The van der Waals surface area contributed by atoms with Crippen LogP contribution >= 0.6 is 0 Å². The first-order valence-electron chi connectivity index (χ1n) is 4.51. The number of nitrogens with zero attached hydrogens (tertiary/aromatic N) is 1. The van der Waals surface area contributed by atoms with Gasteiger partial charge < -0.3 is 5.73 Å². The van der Waals surface area contributed by atoms with Gasteiger partial charge in [0.15, 0.2) is 0 Å². The van der Waals surface area contributed by atoms with E-state index in [0.29, 0.717) is 6.07 Å². The molecule has 1 aromatic rings. The number of nitrogens with one attached hydrogen (secondary N) is 1. The Balaban J connectivity index is 2.89. The van der Waals surface area contributed by atoms with Crippen LogP contribution < -0.4 is 11.2 Å². The maximum atomic E-state index is 13.3. The fraction of sp³-hybridized carbons (Fsp3) is 0.100. The summed E-state index contributed by atoms with van der Waals surface area (Å²) in [5.74, 6) is -3.87. The molecule has 0 aliphatic carbocycles. The van der Waals surface area contributed by atoms with Crippen molar-refractivity contribution in [1.82, 2.24) is 5.43 Å². The van der Waals surface area contributed by atoms with Gasteiger partial charge in [-0.2, -0.15) is 5.10 Å². The number of hydrazone groups is 1. The average Bonchev–Trinajstić information content (AvgIpc) is 2.25. The number of rotatable bonds is 2. The molecular weight excluding hydrogens is 232 g/mol. The molecule has 1 aromatic carbocycles. The quantitative estimate of drug-likeness (QED) is 0.443. The van der Waals surface area contributed by atoms with Gasteiger partial charge in [-0.15, -0.1) is 0 Å². The van der Waals surface area contributed by atoms with Gasteiger partial charge >= 0.3 is 11.8 Å². The zero-order valence-corrected chi connectivity index (χ0v) is 8.83. The molecule has 0 aliphatic rings. The number of nitrogens with two attached hydrogens (primary N) is 1. The molecule has 0 heterocycles. The molecule has 3 N–H and O–H groups in total. The van der Waals surface area contributed by atoms with E-state index in [9.17, 15) is 18.4 Å². The van der Waals surface area contributed by atoms with Gasteiger partial charge in [0.05, 0.1) is 5.71 Å². The van der Waals surface area contributed by atoms with Crippen LogP contribution in [0.4, 0.5) is 8.78 Å². The normalized spacial score (nSPS) is 11.1. The standard InChI is InChI=1S/C10H9F2N3O2/c1-5(14-15-10(17)9(13)16)7-3-2-6(11)4-8(7)12/h2-4H,1H3,(H2,13,16)(H,15,17)/b14-5-. The van der Waals surface area contributed by atoms with Crippen LogP contribution in [0.3, 0.4) is 0 Å². The molecule has 0 aromatic heterocycles. The van der Waals surface area contributed by atoms with Crippen LogP contribution in [0.15, 0.2) is 23.3 Å². The SMILES string of the molecule is C/C(=N/NC(=O)C(N)=O)c1ccc(F)cc1F. The minimum absolute atomic E-state index is 0.0103. The second kappa shape index (κ2) is 5.15. The van der Waals surface area contributed by atoms with E-state index >= 15 is 0 Å². The fourth-order valence-electron chi connectivity index (χ4n) is 1.03. The highest BCUT2D eigenvalue weighted by atomic mass is 19.1. The molecule has 0 spiro atoms. The van der Waals surface area contributed by atoms with Gasteiger partial charge in [0.1, 0.15) is 11.6 Å². The van der Waals surface area contributed by atoms with Crippen LogP contribution in [0, 0.1) is 11.6 Å². The van der Waals surface area contributed by atoms with E-state index in [-0.39, 0.29) is 11.3 Å². The molecular formula is C10H9F2N3O2. The molecule has 90 valence electrons. The van der Waals surface area contributed by atoms with E-state index in [1.54, 1.807) is 0 Å². The molecule has 2 amide bonds. The number of carbonyl (C=O) groups excluding carboxylic acids is 2. The number of hydrogen-bond acceptors (Lipinski definition) is 3. The third-order valence-corrected chi connectivity index (χ3v) is 1.87. The van der Waals surface area contributed by atoms with Crippen molar-refractivity contribution in [2.24, 2.45) is 10.8 Å². The third kappa shape index (κ3) is 3.33. The largest absolute Gasteiger partial charge is 0.361 e. The second-order valence-electron chi connectivity index (χ2n) is 3.13. The van der Waals surface area contributed by atoms with Gasteiger partial charge in [0.25, 0.3) is 0 Å². The van der Waals surface area contributed by atoms with Crippen LogP contribution in [0.1, 0.15) is 12.5 Å². The predicted molar refractivity (Wildman–Crippen MR) is 55.9 cm³/mol. The lowest BCUT2D eigenvalue weighted by molar-refractivity contribution is -0.137. The Morgan fingerprint density at radius 3 is 2.53 bits per heavy atom. The van der Waals surface area contributed by atoms with Crippen molar-refractivity contribution in [3.63, 3.8) is 0 Å². The summed E-state index contributed by atoms with van der Waals surface area (Å²) in [5.41, 5.74) is 6.59. The second-order valence-corrected chi connectivity index (χ2v) is 3.13. The first-order valence-corrected chi connectivity index (χ1v) is 4.51. The highest BCUT2D eigenvalue weighted by Gasteiger charge is 2.09. The van der Waals surface area contributed by atoms with E-state index in [1.807, 2.05) is 5.43 Å². The van der Waals surface area contributed by atoms with Crippen molar-refractivity contribution < 1.29 is 18.4 Å². The summed E-state index contributed by atoms with van der Waals surface area (Å²) < 4.78 is 25.9. The average molecular weight is 241 g/mol. The van der Waals surface area contributed by atoms with Crippen molar-refractivity contribution >= 4 is 17.5 Å². The molecule has 1 rings (SSSR count). The van der Waals surface area contributed by atoms with Crippen LogP contribution in [0.5, 0.6) is 0 Å². The Bertz CT molecular complexity index is 500. The van der Waals surface area contributed by atoms with Gasteiger partial charge in [-0.05, 0) is 19.1 Å². The molecule has 0 fully saturated rings. The summed E-state index contributed by atoms with van der Waals surface area (Å²) in [5, 5.41) is 3.46. The monoisotopic (exact) mass is 241 g/mol. The Kier molecular flexibility index (Phi) is 3.86. The van der Waals surface area contributed by atoms with Crippen molar-refractivity contribution in [3.05, 3.63) is 35.4 Å². The van der Waals surface area contributed by atoms with Crippen molar-refractivity contribution in [3.8, 4) is 0 Å². The number of hydrogen-bond donors (Lipinski definition) is 2. The topological polar surface area (TPSA) is 84.6 Å². The Labute approximate surface area is 95.3 Å². The van der Waals surface area contributed by atoms with Crippen LogP contribution in [0.25, 0.3) is 0 Å². The molecule has 0 saturated heterocycles. The summed E-state index contributed by atoms with van der Waals surface area (Å²) in [7, 11) is 0. The lowest BCUT2D eigenvalue weighted by Gasteiger charge is -2.02. The van der Waals surface area contributed by atoms with E-state index in [4.69, 9.17) is 0 Å². The molecule has 0 saturated carbocycles. The van der Waals surface area contributed by atoms with E-state index in [1.165, 1.54) is 13.0 Å². The smallest absolute Gasteiger partial charge is 0.329 e. The molecule has 0 bridgehead atoms. The van der Waals surface area contributed by atoms with E-state index in [2.05, 4.69) is 10.8 Å². The van der Waals surface area contributed by atoms with Crippen molar-refractivity contribution in [1.29, 1.82) is 0 Å². The number of carbonyl (C=O) groups is 2. The molecule has 0 unspecified atom stereocenters. The van der Waals surface area contributed by atoms with Gasteiger partial charge in [0.2, 0.25) is 0 Å². The highest BCUT2D eigenvalue weighted by Crippen LogP contribution is 2.10. The zero-order valence-electron chi connectivity index (χ0n) is 8.83. The first-order chi connectivity index (χ1) is 7.91. The molecule has 17 heavy (non-hydrogen) atoms. The maximum absolute atomic E-state index is 13.3. The Morgan fingerprint density at radius 1 is 1.35 bits per heavy atom. The summed E-state index contributed by atoms with van der Waals surface area (Å²) in [6, 6.07) is 2.90. The Hall–Kier alpha value is -2.31. The molecule has 5 nitrogen and oxygen atoms in total. The third-order valence-electron chi connectivity index (χ3n) is 1.87. The zero-order chi connectivity index (χ0) is 13.0. The van der Waals surface area contributed by atoms with Gasteiger partial charge in [-0.25, -0.2) is 14.2 Å². The minimum Gasteiger partial charge on any atom is -0.361 e. The highest BCUT2D eigenvalue weighted by molar-refractivity contribution is 6.34. The van der Waals surface area contributed by atoms with Gasteiger partial charge in [0, 0.05) is 11.6 Å². The number of primary amides is 1. The van der Waals surface area contributed by atoms with E-state index < -0.39 is 23.4 Å². The fourth-order valence-corrected chi connectivity index (χ4v) is 1.03. The maximum Gasteiger partial charge on any atom is 0.329 e. The van der Waals surface area contributed by atoms with Crippen molar-refractivity contribution in [2.45, 2.75) is 6.92 Å². The number of benzene rings is 1. The van der Waals surface area contributed by atoms with Crippen LogP contribution in [-0.2, 0) is 9.59 Å². The van der Waals surface area contributed by atoms with Crippen molar-refractivity contribution in [2.75, 3.05) is 0 Å². The van der Waals surface area contributed by atoms with Crippen LogP contribution in [-0.4, -0.2) is 17.5 Å².